The van der Waals surface area contributed by atoms with E-state index in [0.717, 1.165) is 23.0 Å². The van der Waals surface area contributed by atoms with Crippen LogP contribution >= 0.6 is 15.9 Å². The molecule has 1 aliphatic rings. The summed E-state index contributed by atoms with van der Waals surface area (Å²) in [7, 11) is 0. The molecule has 19 heavy (non-hydrogen) atoms. The van der Waals surface area contributed by atoms with Crippen molar-refractivity contribution in [3.63, 3.8) is 0 Å². The highest BCUT2D eigenvalue weighted by Crippen LogP contribution is 2.29. The van der Waals surface area contributed by atoms with Crippen molar-refractivity contribution >= 4 is 15.9 Å². The molecule has 0 aromatic heterocycles. The van der Waals surface area contributed by atoms with Crippen LogP contribution in [-0.4, -0.2) is 18.3 Å². The Balaban J connectivity index is 1.82. The monoisotopic (exact) mass is 329 g/mol. The van der Waals surface area contributed by atoms with Gasteiger partial charge in [-0.15, -0.1) is 0 Å². The predicted octanol–water partition coefficient (Wildman–Crippen LogP) is 3.48. The van der Waals surface area contributed by atoms with Gasteiger partial charge in [-0.05, 0) is 55.0 Å². The van der Waals surface area contributed by atoms with Gasteiger partial charge in [0.15, 0.2) is 0 Å². The Morgan fingerprint density at radius 1 is 1.21 bits per heavy atom. The van der Waals surface area contributed by atoms with E-state index in [-0.39, 0.29) is 12.4 Å². The van der Waals surface area contributed by atoms with Gasteiger partial charge in [0.25, 0.3) is 0 Å². The first kappa shape index (κ1) is 14.9. The summed E-state index contributed by atoms with van der Waals surface area (Å²) >= 11 is 3.30. The summed E-state index contributed by atoms with van der Waals surface area (Å²) in [5.74, 6) is 0.772. The third-order valence-electron chi connectivity index (χ3n) is 3.96. The van der Waals surface area contributed by atoms with E-state index in [9.17, 15) is 9.50 Å². The van der Waals surface area contributed by atoms with Crippen LogP contribution in [0, 0.1) is 17.7 Å². The molecule has 1 aliphatic carbocycles. The predicted molar refractivity (Wildman–Crippen MR) is 78.3 cm³/mol. The van der Waals surface area contributed by atoms with E-state index >= 15 is 0 Å². The molecule has 0 aliphatic heterocycles. The molecule has 0 saturated heterocycles. The number of benzene rings is 1. The van der Waals surface area contributed by atoms with Crippen molar-refractivity contribution < 1.29 is 9.50 Å². The molecule has 1 aromatic rings. The lowest BCUT2D eigenvalue weighted by atomic mass is 9.79. The van der Waals surface area contributed by atoms with E-state index in [1.165, 1.54) is 25.3 Å². The molecule has 1 aromatic carbocycles. The Morgan fingerprint density at radius 3 is 2.63 bits per heavy atom. The zero-order valence-corrected chi connectivity index (χ0v) is 12.6. The first-order valence-corrected chi connectivity index (χ1v) is 7.75. The minimum Gasteiger partial charge on any atom is -0.396 e. The summed E-state index contributed by atoms with van der Waals surface area (Å²) in [6.45, 7) is 1.86. The fourth-order valence-corrected chi connectivity index (χ4v) is 3.42. The van der Waals surface area contributed by atoms with Crippen molar-refractivity contribution in [2.45, 2.75) is 32.2 Å². The molecule has 2 nitrogen and oxygen atoms in total. The largest absolute Gasteiger partial charge is 0.396 e. The van der Waals surface area contributed by atoms with E-state index in [1.807, 2.05) is 6.07 Å². The van der Waals surface area contributed by atoms with Crippen LogP contribution in [0.5, 0.6) is 0 Å². The van der Waals surface area contributed by atoms with Gasteiger partial charge in [-0.25, -0.2) is 4.39 Å². The molecule has 0 spiro atoms. The molecule has 4 heteroatoms. The molecule has 0 radical (unpaired) electrons. The molecule has 2 unspecified atom stereocenters. The van der Waals surface area contributed by atoms with Crippen LogP contribution < -0.4 is 5.32 Å². The second-order valence-corrected chi connectivity index (χ2v) is 6.31. The number of aliphatic hydroxyl groups excluding tert-OH is 1. The Hall–Kier alpha value is -0.450. The molecular formula is C15H21BrFNO. The van der Waals surface area contributed by atoms with Gasteiger partial charge in [0.05, 0.1) is 0 Å². The number of hydrogen-bond acceptors (Lipinski definition) is 2. The molecule has 0 heterocycles. The molecule has 106 valence electrons. The lowest BCUT2D eigenvalue weighted by Gasteiger charge is -2.30. The van der Waals surface area contributed by atoms with Gasteiger partial charge >= 0.3 is 0 Å². The molecule has 0 amide bonds. The molecule has 2 rings (SSSR count). The summed E-state index contributed by atoms with van der Waals surface area (Å²) in [4.78, 5) is 0. The van der Waals surface area contributed by atoms with Crippen molar-refractivity contribution in [2.75, 3.05) is 13.2 Å². The van der Waals surface area contributed by atoms with Crippen LogP contribution in [0.4, 0.5) is 4.39 Å². The highest BCUT2D eigenvalue weighted by molar-refractivity contribution is 9.10. The zero-order chi connectivity index (χ0) is 13.7. The number of aliphatic hydroxyl groups is 1. The van der Waals surface area contributed by atoms with E-state index < -0.39 is 0 Å². The Morgan fingerprint density at radius 2 is 1.95 bits per heavy atom. The lowest BCUT2D eigenvalue weighted by Crippen LogP contribution is -2.32. The maximum atomic E-state index is 13.2. The smallest absolute Gasteiger partial charge is 0.124 e. The second kappa shape index (κ2) is 7.36. The van der Waals surface area contributed by atoms with Gasteiger partial charge in [0, 0.05) is 17.6 Å². The van der Waals surface area contributed by atoms with Crippen molar-refractivity contribution in [3.8, 4) is 0 Å². The third-order valence-corrected chi connectivity index (χ3v) is 4.42. The first-order chi connectivity index (χ1) is 9.19. The van der Waals surface area contributed by atoms with E-state index in [1.54, 1.807) is 6.07 Å². The molecule has 2 N–H and O–H groups in total. The fourth-order valence-electron chi connectivity index (χ4n) is 2.91. The van der Waals surface area contributed by atoms with Crippen LogP contribution in [-0.2, 0) is 6.54 Å². The van der Waals surface area contributed by atoms with Gasteiger partial charge in [-0.2, -0.15) is 0 Å². The topological polar surface area (TPSA) is 32.3 Å². The first-order valence-electron chi connectivity index (χ1n) is 6.95. The SMILES string of the molecule is OCC1CCCCC1CNCc1cc(F)cc(Br)c1. The van der Waals surface area contributed by atoms with Crippen molar-refractivity contribution in [2.24, 2.45) is 11.8 Å². The molecule has 1 fully saturated rings. The molecule has 2 atom stereocenters. The van der Waals surface area contributed by atoms with Gasteiger partial charge in [-0.1, -0.05) is 28.8 Å². The molecular weight excluding hydrogens is 309 g/mol. The van der Waals surface area contributed by atoms with Crippen LogP contribution in [0.15, 0.2) is 22.7 Å². The standard InChI is InChI=1S/C15H21BrFNO/c16-14-5-11(6-15(17)7-14)8-18-9-12-3-1-2-4-13(12)10-19/h5-7,12-13,18-19H,1-4,8-10H2. The number of nitrogens with one attached hydrogen (secondary N) is 1. The van der Waals surface area contributed by atoms with Crippen LogP contribution in [0.1, 0.15) is 31.2 Å². The number of hydrogen-bond donors (Lipinski definition) is 2. The third kappa shape index (κ3) is 4.55. The van der Waals surface area contributed by atoms with Crippen LogP contribution in [0.25, 0.3) is 0 Å². The Kier molecular flexibility index (Phi) is 5.79. The van der Waals surface area contributed by atoms with Crippen LogP contribution in [0.3, 0.4) is 0 Å². The highest BCUT2D eigenvalue weighted by Gasteiger charge is 2.23. The molecule has 0 bridgehead atoms. The highest BCUT2D eigenvalue weighted by atomic mass is 79.9. The molecule has 1 saturated carbocycles. The van der Waals surface area contributed by atoms with Crippen LogP contribution in [0.2, 0.25) is 0 Å². The normalized spacial score (nSPS) is 23.5. The minimum atomic E-state index is -0.211. The summed E-state index contributed by atoms with van der Waals surface area (Å²) in [5.41, 5.74) is 0.947. The zero-order valence-electron chi connectivity index (χ0n) is 11.0. The van der Waals surface area contributed by atoms with Crippen molar-refractivity contribution in [1.82, 2.24) is 5.32 Å². The van der Waals surface area contributed by atoms with Gasteiger partial charge in [-0.3, -0.25) is 0 Å². The van der Waals surface area contributed by atoms with Crippen molar-refractivity contribution in [1.29, 1.82) is 0 Å². The Labute approximate surface area is 122 Å². The summed E-state index contributed by atoms with van der Waals surface area (Å²) in [5, 5.41) is 12.8. The fraction of sp³-hybridized carbons (Fsp3) is 0.600. The van der Waals surface area contributed by atoms with Crippen molar-refractivity contribution in [3.05, 3.63) is 34.1 Å². The average Bonchev–Trinajstić information content (AvgIpc) is 2.38. The lowest BCUT2D eigenvalue weighted by molar-refractivity contribution is 0.133. The Bertz CT molecular complexity index is 393. The minimum absolute atomic E-state index is 0.211. The van der Waals surface area contributed by atoms with Gasteiger partial charge < -0.3 is 10.4 Å². The second-order valence-electron chi connectivity index (χ2n) is 5.40. The summed E-state index contributed by atoms with van der Waals surface area (Å²) in [6, 6.07) is 4.95. The number of halogens is 2. The average molecular weight is 330 g/mol. The van der Waals surface area contributed by atoms with Gasteiger partial charge in [0.1, 0.15) is 5.82 Å². The maximum Gasteiger partial charge on any atom is 0.124 e. The summed E-state index contributed by atoms with van der Waals surface area (Å²) in [6.07, 6.45) is 4.81. The number of rotatable bonds is 5. The van der Waals surface area contributed by atoms with E-state index in [4.69, 9.17) is 0 Å². The maximum absolute atomic E-state index is 13.2. The van der Waals surface area contributed by atoms with E-state index in [0.29, 0.717) is 18.4 Å². The summed E-state index contributed by atoms with van der Waals surface area (Å²) < 4.78 is 14.0. The van der Waals surface area contributed by atoms with E-state index in [2.05, 4.69) is 21.2 Å². The van der Waals surface area contributed by atoms with Gasteiger partial charge in [0.2, 0.25) is 0 Å². The quantitative estimate of drug-likeness (QED) is 0.866.